The predicted molar refractivity (Wildman–Crippen MR) is 44.2 cm³/mol. The van der Waals surface area contributed by atoms with Crippen molar-refractivity contribution in [2.75, 3.05) is 0 Å². The van der Waals surface area contributed by atoms with Crippen LogP contribution in [0.3, 0.4) is 0 Å². The molecule has 0 saturated carbocycles. The number of aromatic nitrogens is 1. The lowest BCUT2D eigenvalue weighted by Crippen LogP contribution is -1.93. The Morgan fingerprint density at radius 3 is 2.73 bits per heavy atom. The van der Waals surface area contributed by atoms with Crippen LogP contribution in [0.4, 0.5) is 0 Å². The van der Waals surface area contributed by atoms with Crippen molar-refractivity contribution in [2.24, 2.45) is 0 Å². The number of hydrogen-bond acceptors (Lipinski definition) is 2. The molecule has 4 heteroatoms. The third-order valence-electron chi connectivity index (χ3n) is 1.25. The zero-order chi connectivity index (χ0) is 8.43. The average Bonchev–Trinajstić information content (AvgIpc) is 1.94. The van der Waals surface area contributed by atoms with Crippen molar-refractivity contribution in [1.82, 2.24) is 4.98 Å². The molecule has 1 heterocycles. The molecule has 0 fully saturated rings. The zero-order valence-corrected chi connectivity index (χ0v) is 7.28. The Hall–Kier alpha value is -0.600. The summed E-state index contributed by atoms with van der Waals surface area (Å²) in [6.45, 7) is 1.79. The standard InChI is InChI=1S/C7H5Cl2NO/c1-4-2-6(7(9)11)10-3-5(4)8/h2-3H,1H3. The molecule has 0 N–H and O–H groups in total. The van der Waals surface area contributed by atoms with Crippen LogP contribution in [0.2, 0.25) is 5.02 Å². The molecule has 0 aliphatic heterocycles. The van der Waals surface area contributed by atoms with Gasteiger partial charge in [-0.25, -0.2) is 0 Å². The molecule has 2 nitrogen and oxygen atoms in total. The molecule has 0 radical (unpaired) electrons. The molecule has 0 unspecified atom stereocenters. The van der Waals surface area contributed by atoms with Gasteiger partial charge in [0.2, 0.25) is 0 Å². The van der Waals surface area contributed by atoms with Crippen LogP contribution < -0.4 is 0 Å². The highest BCUT2D eigenvalue weighted by Gasteiger charge is 2.04. The first-order valence-electron chi connectivity index (χ1n) is 2.93. The van der Waals surface area contributed by atoms with Crippen LogP contribution in [0.15, 0.2) is 12.3 Å². The van der Waals surface area contributed by atoms with Gasteiger partial charge in [-0.3, -0.25) is 9.78 Å². The largest absolute Gasteiger partial charge is 0.274 e. The number of pyridine rings is 1. The molecule has 1 rings (SSSR count). The van der Waals surface area contributed by atoms with Crippen molar-refractivity contribution in [3.05, 3.63) is 28.5 Å². The summed E-state index contributed by atoms with van der Waals surface area (Å²) in [6, 6.07) is 1.55. The lowest BCUT2D eigenvalue weighted by molar-refractivity contribution is 0.107. The second-order valence-electron chi connectivity index (χ2n) is 2.09. The van der Waals surface area contributed by atoms with Crippen molar-refractivity contribution >= 4 is 28.4 Å². The van der Waals surface area contributed by atoms with Crippen molar-refractivity contribution < 1.29 is 4.79 Å². The van der Waals surface area contributed by atoms with Crippen molar-refractivity contribution in [3.63, 3.8) is 0 Å². The number of carbonyl (C=O) groups excluding carboxylic acids is 1. The summed E-state index contributed by atoms with van der Waals surface area (Å²) in [7, 11) is 0. The fourth-order valence-electron chi connectivity index (χ4n) is 0.647. The van der Waals surface area contributed by atoms with Gasteiger partial charge in [-0.05, 0) is 30.2 Å². The predicted octanol–water partition coefficient (Wildman–Crippen LogP) is 2.42. The third kappa shape index (κ3) is 1.91. The lowest BCUT2D eigenvalue weighted by atomic mass is 10.2. The quantitative estimate of drug-likeness (QED) is 0.636. The summed E-state index contributed by atoms with van der Waals surface area (Å²) < 4.78 is 0. The Morgan fingerprint density at radius 2 is 2.27 bits per heavy atom. The van der Waals surface area contributed by atoms with E-state index in [1.165, 1.54) is 6.20 Å². The second-order valence-corrected chi connectivity index (χ2v) is 2.84. The normalized spacial score (nSPS) is 9.73. The van der Waals surface area contributed by atoms with E-state index in [0.717, 1.165) is 5.56 Å². The van der Waals surface area contributed by atoms with Gasteiger partial charge in [0.15, 0.2) is 0 Å². The molecule has 0 bridgehead atoms. The zero-order valence-electron chi connectivity index (χ0n) is 5.77. The van der Waals surface area contributed by atoms with E-state index in [1.54, 1.807) is 13.0 Å². The molecule has 0 atom stereocenters. The van der Waals surface area contributed by atoms with Crippen LogP contribution in [-0.4, -0.2) is 10.2 Å². The molecule has 58 valence electrons. The molecular weight excluding hydrogens is 185 g/mol. The SMILES string of the molecule is Cc1cc(C(=O)Cl)ncc1Cl. The molecule has 0 spiro atoms. The van der Waals surface area contributed by atoms with Crippen molar-refractivity contribution in [1.29, 1.82) is 0 Å². The van der Waals surface area contributed by atoms with E-state index < -0.39 is 5.24 Å². The molecule has 0 saturated heterocycles. The Morgan fingerprint density at radius 1 is 1.64 bits per heavy atom. The molecule has 0 aliphatic carbocycles. The second kappa shape index (κ2) is 3.20. The number of halogens is 2. The Labute approximate surface area is 74.1 Å². The Kier molecular flexibility index (Phi) is 2.47. The van der Waals surface area contributed by atoms with Gasteiger partial charge in [0, 0.05) is 6.20 Å². The molecule has 1 aromatic heterocycles. The van der Waals surface area contributed by atoms with E-state index in [-0.39, 0.29) is 5.69 Å². The minimum Gasteiger partial charge on any atom is -0.274 e. The summed E-state index contributed by atoms with van der Waals surface area (Å²) in [4.78, 5) is 14.3. The highest BCUT2D eigenvalue weighted by molar-refractivity contribution is 6.67. The fourth-order valence-corrected chi connectivity index (χ4v) is 0.854. The third-order valence-corrected chi connectivity index (χ3v) is 1.84. The van der Waals surface area contributed by atoms with Gasteiger partial charge in [0.05, 0.1) is 5.02 Å². The van der Waals surface area contributed by atoms with Gasteiger partial charge in [-0.2, -0.15) is 0 Å². The maximum atomic E-state index is 10.6. The van der Waals surface area contributed by atoms with Gasteiger partial charge in [-0.15, -0.1) is 0 Å². The minimum atomic E-state index is -0.565. The Balaban J connectivity index is 3.15. The van der Waals surface area contributed by atoms with E-state index in [9.17, 15) is 4.79 Å². The molecule has 11 heavy (non-hydrogen) atoms. The van der Waals surface area contributed by atoms with Crippen LogP contribution in [0, 0.1) is 6.92 Å². The van der Waals surface area contributed by atoms with E-state index in [4.69, 9.17) is 23.2 Å². The fraction of sp³-hybridized carbons (Fsp3) is 0.143. The van der Waals surface area contributed by atoms with Crippen LogP contribution in [-0.2, 0) is 0 Å². The maximum Gasteiger partial charge on any atom is 0.270 e. The molecule has 0 amide bonds. The number of carbonyl (C=O) groups is 1. The van der Waals surface area contributed by atoms with Crippen molar-refractivity contribution in [2.45, 2.75) is 6.92 Å². The van der Waals surface area contributed by atoms with Crippen LogP contribution in [0.5, 0.6) is 0 Å². The smallest absolute Gasteiger partial charge is 0.270 e. The highest BCUT2D eigenvalue weighted by atomic mass is 35.5. The summed E-state index contributed by atoms with van der Waals surface area (Å²) in [6.07, 6.45) is 1.41. The van der Waals surface area contributed by atoms with Gasteiger partial charge in [0.1, 0.15) is 5.69 Å². The number of aryl methyl sites for hydroxylation is 1. The monoisotopic (exact) mass is 189 g/mol. The first-order chi connectivity index (χ1) is 5.11. The van der Waals surface area contributed by atoms with Crippen LogP contribution >= 0.6 is 23.2 Å². The maximum absolute atomic E-state index is 10.6. The topological polar surface area (TPSA) is 30.0 Å². The molecular formula is C7H5Cl2NO. The van der Waals surface area contributed by atoms with E-state index in [0.29, 0.717) is 5.02 Å². The van der Waals surface area contributed by atoms with Gasteiger partial charge < -0.3 is 0 Å². The lowest BCUT2D eigenvalue weighted by Gasteiger charge is -1.96. The van der Waals surface area contributed by atoms with Crippen molar-refractivity contribution in [3.8, 4) is 0 Å². The molecule has 1 aromatic rings. The van der Waals surface area contributed by atoms with Gasteiger partial charge in [0.25, 0.3) is 5.24 Å². The first kappa shape index (κ1) is 8.50. The summed E-state index contributed by atoms with van der Waals surface area (Å²) in [5.41, 5.74) is 1.03. The molecule has 0 aromatic carbocycles. The van der Waals surface area contributed by atoms with E-state index >= 15 is 0 Å². The minimum absolute atomic E-state index is 0.230. The average molecular weight is 190 g/mol. The number of nitrogens with zero attached hydrogens (tertiary/aromatic N) is 1. The van der Waals surface area contributed by atoms with E-state index in [1.807, 2.05) is 0 Å². The first-order valence-corrected chi connectivity index (χ1v) is 3.69. The number of hydrogen-bond donors (Lipinski definition) is 0. The highest BCUT2D eigenvalue weighted by Crippen LogP contribution is 2.14. The van der Waals surface area contributed by atoms with Crippen LogP contribution in [0.1, 0.15) is 16.1 Å². The van der Waals surface area contributed by atoms with Gasteiger partial charge >= 0.3 is 0 Å². The number of rotatable bonds is 1. The van der Waals surface area contributed by atoms with E-state index in [2.05, 4.69) is 4.98 Å². The Bertz CT molecular complexity index is 298. The van der Waals surface area contributed by atoms with Gasteiger partial charge in [-0.1, -0.05) is 11.6 Å². The summed E-state index contributed by atoms with van der Waals surface area (Å²) in [5, 5.41) is -0.0311. The molecule has 0 aliphatic rings. The summed E-state index contributed by atoms with van der Waals surface area (Å²) >= 11 is 10.9. The van der Waals surface area contributed by atoms with Crippen LogP contribution in [0.25, 0.3) is 0 Å². The summed E-state index contributed by atoms with van der Waals surface area (Å²) in [5.74, 6) is 0.